The van der Waals surface area contributed by atoms with Gasteiger partial charge in [-0.3, -0.25) is 4.79 Å². The van der Waals surface area contributed by atoms with E-state index in [1.807, 2.05) is 75.6 Å². The first-order valence-electron chi connectivity index (χ1n) is 11.2. The van der Waals surface area contributed by atoms with Gasteiger partial charge in [0.15, 0.2) is 0 Å². The van der Waals surface area contributed by atoms with E-state index in [1.165, 1.54) is 0 Å². The van der Waals surface area contributed by atoms with Crippen LogP contribution in [0.15, 0.2) is 78.9 Å². The first-order chi connectivity index (χ1) is 16.0. The Hall–Kier alpha value is -3.57. The molecule has 0 fully saturated rings. The molecule has 0 aliphatic carbocycles. The molecule has 2 N–H and O–H groups in total. The molecule has 5 nitrogen and oxygen atoms in total. The molecule has 0 unspecified atom stereocenters. The quantitative estimate of drug-likeness (QED) is 0.240. The first kappa shape index (κ1) is 24.1. The predicted octanol–water partition coefficient (Wildman–Crippen LogP) is 5.68. The summed E-state index contributed by atoms with van der Waals surface area (Å²) >= 11 is 0. The fraction of sp³-hybridized carbons (Fsp3) is 0.250. The summed E-state index contributed by atoms with van der Waals surface area (Å²) in [7, 11) is 4.08. The lowest BCUT2D eigenvalue weighted by Crippen LogP contribution is -2.16. The van der Waals surface area contributed by atoms with Gasteiger partial charge in [-0.25, -0.2) is 0 Å². The van der Waals surface area contributed by atoms with Crippen LogP contribution in [0, 0.1) is 0 Å². The van der Waals surface area contributed by atoms with Crippen molar-refractivity contribution in [3.05, 3.63) is 90.0 Å². The molecule has 5 heteroatoms. The van der Waals surface area contributed by atoms with Gasteiger partial charge in [-0.2, -0.15) is 0 Å². The Kier molecular flexibility index (Phi) is 8.67. The number of phenolic OH excluding ortho intramolecular Hbond substituents is 1. The third-order valence-corrected chi connectivity index (χ3v) is 5.29. The summed E-state index contributed by atoms with van der Waals surface area (Å²) in [6.45, 7) is 3.66. The topological polar surface area (TPSA) is 61.8 Å². The Bertz CT molecular complexity index is 1060. The number of rotatable bonds is 10. The van der Waals surface area contributed by atoms with Crippen LogP contribution in [-0.2, 0) is 4.79 Å². The summed E-state index contributed by atoms with van der Waals surface area (Å²) in [6.07, 6.45) is 1.64. The van der Waals surface area contributed by atoms with E-state index in [2.05, 4.69) is 10.2 Å². The summed E-state index contributed by atoms with van der Waals surface area (Å²) in [4.78, 5) is 15.6. The van der Waals surface area contributed by atoms with Crippen molar-refractivity contribution in [1.82, 2.24) is 4.90 Å². The SMILES string of the molecule is CCC(=C(C(=O)Nc1ccc(OCCCN(C)C)cc1)c1ccc(O)cc1)c1ccccc1. The number of hydrogen-bond acceptors (Lipinski definition) is 4. The van der Waals surface area contributed by atoms with Gasteiger partial charge in [-0.05, 0) is 80.0 Å². The highest BCUT2D eigenvalue weighted by Crippen LogP contribution is 2.31. The molecule has 0 aliphatic rings. The zero-order valence-electron chi connectivity index (χ0n) is 19.5. The van der Waals surface area contributed by atoms with Gasteiger partial charge < -0.3 is 20.1 Å². The van der Waals surface area contributed by atoms with Crippen molar-refractivity contribution in [2.24, 2.45) is 0 Å². The van der Waals surface area contributed by atoms with E-state index in [0.717, 1.165) is 35.4 Å². The van der Waals surface area contributed by atoms with Gasteiger partial charge in [0.05, 0.1) is 12.2 Å². The van der Waals surface area contributed by atoms with Crippen molar-refractivity contribution in [1.29, 1.82) is 0 Å². The van der Waals surface area contributed by atoms with Crippen LogP contribution in [0.1, 0.15) is 30.9 Å². The number of nitrogens with zero attached hydrogens (tertiary/aromatic N) is 1. The molecule has 172 valence electrons. The summed E-state index contributed by atoms with van der Waals surface area (Å²) in [5.74, 6) is 0.748. The van der Waals surface area contributed by atoms with E-state index in [9.17, 15) is 9.90 Å². The summed E-state index contributed by atoms with van der Waals surface area (Å²) < 4.78 is 5.79. The molecule has 0 atom stereocenters. The van der Waals surface area contributed by atoms with E-state index in [4.69, 9.17) is 4.74 Å². The maximum atomic E-state index is 13.5. The van der Waals surface area contributed by atoms with Gasteiger partial charge in [-0.15, -0.1) is 0 Å². The number of carbonyl (C=O) groups excluding carboxylic acids is 1. The molecule has 0 aliphatic heterocycles. The van der Waals surface area contributed by atoms with Crippen LogP contribution in [0.4, 0.5) is 5.69 Å². The lowest BCUT2D eigenvalue weighted by Gasteiger charge is -2.16. The van der Waals surface area contributed by atoms with Gasteiger partial charge in [-0.1, -0.05) is 49.4 Å². The molecule has 1 amide bonds. The van der Waals surface area contributed by atoms with Crippen LogP contribution in [0.25, 0.3) is 11.1 Å². The first-order valence-corrected chi connectivity index (χ1v) is 11.2. The van der Waals surface area contributed by atoms with Crippen LogP contribution in [0.3, 0.4) is 0 Å². The molecule has 33 heavy (non-hydrogen) atoms. The molecule has 0 saturated carbocycles. The predicted molar refractivity (Wildman–Crippen MR) is 135 cm³/mol. The van der Waals surface area contributed by atoms with E-state index in [0.29, 0.717) is 24.3 Å². The number of nitrogens with one attached hydrogen (secondary N) is 1. The molecule has 3 rings (SSSR count). The number of hydrogen-bond donors (Lipinski definition) is 2. The number of allylic oxidation sites excluding steroid dienone is 1. The molecular weight excluding hydrogens is 412 g/mol. The number of carbonyl (C=O) groups is 1. The van der Waals surface area contributed by atoms with Crippen LogP contribution in [0.2, 0.25) is 0 Å². The molecule has 0 bridgehead atoms. The smallest absolute Gasteiger partial charge is 0.256 e. The van der Waals surface area contributed by atoms with E-state index >= 15 is 0 Å². The Morgan fingerprint density at radius 2 is 1.58 bits per heavy atom. The van der Waals surface area contributed by atoms with Crippen molar-refractivity contribution in [3.63, 3.8) is 0 Å². The second kappa shape index (κ2) is 11.9. The maximum Gasteiger partial charge on any atom is 0.256 e. The standard InChI is InChI=1S/C28H32N2O3/c1-4-26(21-9-6-5-7-10-21)27(22-11-15-24(31)16-12-22)28(32)29-23-13-17-25(18-14-23)33-20-8-19-30(2)3/h5-7,9-18,31H,4,8,19-20H2,1-3H3,(H,29,32). The number of benzene rings is 3. The van der Waals surface area contributed by atoms with Gasteiger partial charge in [0.1, 0.15) is 11.5 Å². The second-order valence-corrected chi connectivity index (χ2v) is 8.10. The lowest BCUT2D eigenvalue weighted by molar-refractivity contribution is -0.111. The number of anilines is 1. The van der Waals surface area contributed by atoms with Crippen molar-refractivity contribution in [3.8, 4) is 11.5 Å². The maximum absolute atomic E-state index is 13.5. The van der Waals surface area contributed by atoms with Crippen molar-refractivity contribution < 1.29 is 14.6 Å². The van der Waals surface area contributed by atoms with E-state index in [1.54, 1.807) is 24.3 Å². The van der Waals surface area contributed by atoms with Gasteiger partial charge in [0.25, 0.3) is 5.91 Å². The highest BCUT2D eigenvalue weighted by molar-refractivity contribution is 6.31. The fourth-order valence-electron chi connectivity index (χ4n) is 3.63. The number of amides is 1. The minimum Gasteiger partial charge on any atom is -0.508 e. The Balaban J connectivity index is 1.82. The molecule has 3 aromatic carbocycles. The Morgan fingerprint density at radius 3 is 2.18 bits per heavy atom. The van der Waals surface area contributed by atoms with Gasteiger partial charge in [0, 0.05) is 12.2 Å². The largest absolute Gasteiger partial charge is 0.508 e. The van der Waals surface area contributed by atoms with Crippen LogP contribution in [0.5, 0.6) is 11.5 Å². The number of phenols is 1. The summed E-state index contributed by atoms with van der Waals surface area (Å²) in [5.41, 5.74) is 3.99. The minimum absolute atomic E-state index is 0.164. The van der Waals surface area contributed by atoms with Gasteiger partial charge >= 0.3 is 0 Å². The van der Waals surface area contributed by atoms with Crippen molar-refractivity contribution in [2.75, 3.05) is 32.6 Å². The molecule has 0 heterocycles. The van der Waals surface area contributed by atoms with Gasteiger partial charge in [0.2, 0.25) is 0 Å². The summed E-state index contributed by atoms with van der Waals surface area (Å²) in [6, 6.07) is 24.1. The third-order valence-electron chi connectivity index (χ3n) is 5.29. The Morgan fingerprint density at radius 1 is 0.909 bits per heavy atom. The average Bonchev–Trinajstić information content (AvgIpc) is 2.82. The highest BCUT2D eigenvalue weighted by Gasteiger charge is 2.18. The summed E-state index contributed by atoms with van der Waals surface area (Å²) in [5, 5.41) is 12.8. The highest BCUT2D eigenvalue weighted by atomic mass is 16.5. The molecule has 0 radical (unpaired) electrons. The van der Waals surface area contributed by atoms with E-state index in [-0.39, 0.29) is 11.7 Å². The van der Waals surface area contributed by atoms with E-state index < -0.39 is 0 Å². The van der Waals surface area contributed by atoms with Crippen LogP contribution < -0.4 is 10.1 Å². The van der Waals surface area contributed by atoms with Crippen molar-refractivity contribution >= 4 is 22.7 Å². The zero-order chi connectivity index (χ0) is 23.6. The lowest BCUT2D eigenvalue weighted by atomic mass is 9.92. The monoisotopic (exact) mass is 444 g/mol. The third kappa shape index (κ3) is 6.96. The number of aromatic hydroxyl groups is 1. The fourth-order valence-corrected chi connectivity index (χ4v) is 3.63. The molecule has 0 spiro atoms. The van der Waals surface area contributed by atoms with Crippen molar-refractivity contribution in [2.45, 2.75) is 19.8 Å². The van der Waals surface area contributed by atoms with Crippen LogP contribution in [-0.4, -0.2) is 43.2 Å². The molecular formula is C28H32N2O3. The number of ether oxygens (including phenoxy) is 1. The average molecular weight is 445 g/mol. The molecule has 0 aromatic heterocycles. The molecule has 0 saturated heterocycles. The minimum atomic E-state index is -0.193. The second-order valence-electron chi connectivity index (χ2n) is 8.10. The zero-order valence-corrected chi connectivity index (χ0v) is 19.5. The molecule has 3 aromatic rings. The normalized spacial score (nSPS) is 11.8. The Labute approximate surface area is 196 Å². The van der Waals surface area contributed by atoms with Crippen LogP contribution >= 0.6 is 0 Å².